The number of carbonyl (C=O) groups excluding carboxylic acids is 2. The summed E-state index contributed by atoms with van der Waals surface area (Å²) in [5.41, 5.74) is 11.5. The first-order valence-corrected chi connectivity index (χ1v) is 27.0. The molecule has 2 saturated heterocycles. The summed E-state index contributed by atoms with van der Waals surface area (Å²) in [6.45, 7) is 26.7. The predicted octanol–water partition coefficient (Wildman–Crippen LogP) is 9.93. The zero-order valence-electron chi connectivity index (χ0n) is 46.3. The molecule has 2 aromatic carbocycles. The van der Waals surface area contributed by atoms with Crippen LogP contribution in [0.1, 0.15) is 145 Å². The van der Waals surface area contributed by atoms with Gasteiger partial charge in [0.25, 0.3) is 5.91 Å². The van der Waals surface area contributed by atoms with Crippen LogP contribution in [0.25, 0.3) is 5.57 Å². The molecule has 4 aliphatic heterocycles. The minimum atomic E-state index is -4.71. The normalized spacial score (nSPS) is 22.4. The van der Waals surface area contributed by atoms with E-state index in [4.69, 9.17) is 15.6 Å². The van der Waals surface area contributed by atoms with Crippen molar-refractivity contribution in [3.05, 3.63) is 93.6 Å². The average Bonchev–Trinajstić information content (AvgIpc) is 3.85. The maximum absolute atomic E-state index is 13.7. The highest BCUT2D eigenvalue weighted by Gasteiger charge is 2.64. The van der Waals surface area contributed by atoms with Gasteiger partial charge >= 0.3 is 6.18 Å². The number of alkyl halides is 3. The lowest BCUT2D eigenvalue weighted by Gasteiger charge is -2.63. The van der Waals surface area contributed by atoms with Crippen LogP contribution in [0.4, 0.5) is 30.6 Å². The lowest BCUT2D eigenvalue weighted by molar-refractivity contribution is -0.164. The molecule has 5 aliphatic rings. The Labute approximate surface area is 448 Å². The van der Waals surface area contributed by atoms with E-state index in [0.29, 0.717) is 30.5 Å². The molecule has 1 aliphatic carbocycles. The van der Waals surface area contributed by atoms with Crippen LogP contribution in [0.3, 0.4) is 0 Å². The highest BCUT2D eigenvalue weighted by molar-refractivity contribution is 6.10. The van der Waals surface area contributed by atoms with Crippen LogP contribution in [0.15, 0.2) is 53.9 Å². The van der Waals surface area contributed by atoms with Crippen LogP contribution in [0.5, 0.6) is 5.75 Å². The molecular formula is C58H79F3N12O3. The van der Waals surface area contributed by atoms with Gasteiger partial charge in [-0.15, -0.1) is 0 Å². The van der Waals surface area contributed by atoms with Crippen molar-refractivity contribution in [1.82, 2.24) is 34.9 Å². The number of rotatable bonds is 11. The number of aliphatic imine (C=N–C) groups is 1. The van der Waals surface area contributed by atoms with E-state index < -0.39 is 34.2 Å². The minimum absolute atomic E-state index is 0. The molecule has 9 rings (SSSR count). The molecule has 6 heterocycles. The Morgan fingerprint density at radius 3 is 2.30 bits per heavy atom. The van der Waals surface area contributed by atoms with Crippen molar-refractivity contribution >= 4 is 41.1 Å². The van der Waals surface area contributed by atoms with Crippen molar-refractivity contribution in [3.8, 4) is 11.8 Å². The van der Waals surface area contributed by atoms with E-state index in [1.165, 1.54) is 28.6 Å². The van der Waals surface area contributed by atoms with Crippen molar-refractivity contribution in [2.75, 3.05) is 62.7 Å². The zero-order valence-corrected chi connectivity index (χ0v) is 46.3. The number of hydrogen-bond acceptors (Lipinski definition) is 12. The number of hydrogen-bond donors (Lipinski definition) is 2. The fourth-order valence-electron chi connectivity index (χ4n) is 13.1. The molecule has 1 saturated carbocycles. The number of aromatic nitrogens is 4. The number of halogens is 3. The van der Waals surface area contributed by atoms with Crippen LogP contribution < -0.4 is 25.6 Å². The van der Waals surface area contributed by atoms with E-state index >= 15 is 0 Å². The molecule has 15 nitrogen and oxygen atoms in total. The molecule has 2 amide bonds. The third kappa shape index (κ3) is 10.8. The van der Waals surface area contributed by atoms with Gasteiger partial charge in [0.2, 0.25) is 11.9 Å². The standard InChI is InChI=1S/C56H71F3N12O3.C2H6.H2/c1-34-23-47-36(24-43(34)38(27-61)28-62-9)11-10-18-70(47)48-44-32-68(35(2)72)22-17-46(44)71(66-48)41-15-19-67(20-16-41)31-40-14-21-69(33-53(40,3)4)52-63-29-39(30-64-52)49(73)65-50-54(5,6)51(55(50,7)8)74-42-13-12-37(26-60)45(25-42)56(57,58)59;1-2;/h12-13,23-25,27-30,40-41,50-51H,10-11,14-22,31-33,61H2,1-9H3,(H,65,73);1-2H3;1H/b38-27+,62-28?;;. The first-order chi connectivity index (χ1) is 36.0. The van der Waals surface area contributed by atoms with E-state index in [1.807, 2.05) is 52.7 Å². The number of amides is 2. The maximum Gasteiger partial charge on any atom is 0.417 e. The number of ether oxygens (including phenoxy) is 1. The molecule has 4 aromatic rings. The summed E-state index contributed by atoms with van der Waals surface area (Å²) in [6, 6.07) is 9.39. The van der Waals surface area contributed by atoms with Gasteiger partial charge in [-0.2, -0.15) is 23.5 Å². The van der Waals surface area contributed by atoms with Gasteiger partial charge in [0.15, 0.2) is 5.82 Å². The highest BCUT2D eigenvalue weighted by Crippen LogP contribution is 2.56. The first kappa shape index (κ1) is 55.7. The molecule has 410 valence electrons. The second kappa shape index (κ2) is 21.9. The summed E-state index contributed by atoms with van der Waals surface area (Å²) in [7, 11) is 1.76. The van der Waals surface area contributed by atoms with Crippen LogP contribution >= 0.6 is 0 Å². The number of nitrogens with one attached hydrogen (secondary N) is 1. The van der Waals surface area contributed by atoms with Gasteiger partial charge in [-0.05, 0) is 97.4 Å². The fraction of sp³-hybridized carbons (Fsp3) is 0.569. The smallest absolute Gasteiger partial charge is 0.417 e. The Balaban J connectivity index is 0.00000284. The fourth-order valence-corrected chi connectivity index (χ4v) is 13.1. The van der Waals surface area contributed by atoms with E-state index in [1.54, 1.807) is 38.6 Å². The Bertz CT molecular complexity index is 2880. The van der Waals surface area contributed by atoms with Crippen LogP contribution in [-0.2, 0) is 30.4 Å². The summed E-state index contributed by atoms with van der Waals surface area (Å²) >= 11 is 0. The number of piperidine rings is 2. The quantitative estimate of drug-likeness (QED) is 0.137. The molecule has 2 aromatic heterocycles. The molecule has 1 unspecified atom stereocenters. The van der Waals surface area contributed by atoms with Crippen LogP contribution in [0.2, 0.25) is 0 Å². The molecule has 1 atom stereocenters. The van der Waals surface area contributed by atoms with Crippen molar-refractivity contribution in [2.24, 2.45) is 32.9 Å². The maximum atomic E-state index is 13.7. The van der Waals surface area contributed by atoms with Gasteiger partial charge < -0.3 is 35.4 Å². The third-order valence-corrected chi connectivity index (χ3v) is 16.9. The zero-order chi connectivity index (χ0) is 55.1. The van der Waals surface area contributed by atoms with Gasteiger partial charge in [-0.25, -0.2) is 9.97 Å². The van der Waals surface area contributed by atoms with E-state index in [0.717, 1.165) is 112 Å². The summed E-state index contributed by atoms with van der Waals surface area (Å²) in [5.74, 6) is 1.77. The summed E-state index contributed by atoms with van der Waals surface area (Å²) in [5, 5.41) is 17.9. The number of likely N-dealkylation sites (tertiary alicyclic amines) is 1. The molecule has 0 spiro atoms. The van der Waals surface area contributed by atoms with E-state index in [-0.39, 0.29) is 36.5 Å². The summed E-state index contributed by atoms with van der Waals surface area (Å²) < 4.78 is 49.6. The number of anilines is 3. The number of nitriles is 1. The summed E-state index contributed by atoms with van der Waals surface area (Å²) in [6.07, 6.45) is 7.03. The lowest BCUT2D eigenvalue weighted by atomic mass is 9.49. The topological polar surface area (TPSA) is 174 Å². The molecule has 0 bridgehead atoms. The monoisotopic (exact) mass is 1050 g/mol. The van der Waals surface area contributed by atoms with Gasteiger partial charge in [-0.3, -0.25) is 19.3 Å². The van der Waals surface area contributed by atoms with Crippen LogP contribution in [0, 0.1) is 40.4 Å². The molecule has 3 fully saturated rings. The average molecular weight is 1050 g/mol. The number of carbonyl (C=O) groups is 2. The van der Waals surface area contributed by atoms with E-state index in [2.05, 4.69) is 72.6 Å². The predicted molar refractivity (Wildman–Crippen MR) is 294 cm³/mol. The van der Waals surface area contributed by atoms with Gasteiger partial charge in [0.1, 0.15) is 11.9 Å². The van der Waals surface area contributed by atoms with Gasteiger partial charge in [0, 0.05) is 132 Å². The largest absolute Gasteiger partial charge is 0.489 e. The third-order valence-electron chi connectivity index (χ3n) is 16.9. The molecular weight excluding hydrogens is 970 g/mol. The second-order valence-corrected chi connectivity index (χ2v) is 23.0. The van der Waals surface area contributed by atoms with Crippen molar-refractivity contribution in [1.29, 1.82) is 5.26 Å². The number of nitrogens with two attached hydrogens (primary N) is 1. The van der Waals surface area contributed by atoms with Crippen molar-refractivity contribution in [3.63, 3.8) is 0 Å². The SMILES string of the molecule is CC.CN=C/C(=C\N)c1cc2c(cc1C)N(c1nn(C3CCN(CC4CCN(c5ncc(C(=O)NC6C(C)(C)C(Oc7ccc(C#N)c(C(F)(F)F)c7)C6(C)C)cn5)CC4(C)C)CC3)c3c1CN(C(C)=O)CC3)CCC2.[HH]. The van der Waals surface area contributed by atoms with Crippen LogP contribution in [-0.4, -0.2) is 113 Å². The molecule has 3 N–H and O–H groups in total. The lowest BCUT2D eigenvalue weighted by Crippen LogP contribution is -2.74. The van der Waals surface area contributed by atoms with Crippen molar-refractivity contribution in [2.45, 2.75) is 139 Å². The van der Waals surface area contributed by atoms with Gasteiger partial charge in [-0.1, -0.05) is 55.4 Å². The van der Waals surface area contributed by atoms with Gasteiger partial charge in [0.05, 0.1) is 35.3 Å². The Hall–Kier alpha value is -6.48. The molecule has 18 heteroatoms. The number of nitrogens with zero attached hydrogens (tertiary/aromatic N) is 10. The Morgan fingerprint density at radius 1 is 0.987 bits per heavy atom. The minimum Gasteiger partial charge on any atom is -0.489 e. The summed E-state index contributed by atoms with van der Waals surface area (Å²) in [4.78, 5) is 49.2. The Kier molecular flexibility index (Phi) is 16.0. The number of allylic oxidation sites excluding steroid dienone is 1. The van der Waals surface area contributed by atoms with E-state index in [9.17, 15) is 28.0 Å². The molecule has 76 heavy (non-hydrogen) atoms. The second-order valence-electron chi connectivity index (χ2n) is 23.0. The number of aryl methyl sites for hydroxylation is 2. The number of benzene rings is 2. The highest BCUT2D eigenvalue weighted by atomic mass is 19.4. The molecule has 0 radical (unpaired) electrons. The first-order valence-electron chi connectivity index (χ1n) is 27.0. The Morgan fingerprint density at radius 2 is 1.68 bits per heavy atom. The van der Waals surface area contributed by atoms with Crippen molar-refractivity contribution < 1.29 is 28.9 Å². The number of fused-ring (bicyclic) bond motifs is 2.